The Hall–Kier alpha value is -2.33. The molecule has 10 heteroatoms. The van der Waals surface area contributed by atoms with Crippen molar-refractivity contribution in [1.82, 2.24) is 19.4 Å². The number of nitrogens with zero attached hydrogens (tertiary/aromatic N) is 3. The van der Waals surface area contributed by atoms with Gasteiger partial charge in [-0.2, -0.15) is 9.40 Å². The fourth-order valence-electron chi connectivity index (χ4n) is 3.20. The topological polar surface area (TPSA) is 86.4 Å². The van der Waals surface area contributed by atoms with Gasteiger partial charge in [0.2, 0.25) is 10.0 Å². The molecule has 146 valence electrons. The number of aromatic amines is 1. The molecule has 1 aliphatic rings. The number of nitrogens with one attached hydrogen (secondary N) is 1. The second-order valence-corrected chi connectivity index (χ2v) is 8.61. The summed E-state index contributed by atoms with van der Waals surface area (Å²) < 4.78 is 53.5. The Labute approximate surface area is 156 Å². The summed E-state index contributed by atoms with van der Waals surface area (Å²) in [4.78, 5) is 13.4. The zero-order chi connectivity index (χ0) is 19.8. The minimum atomic E-state index is -3.98. The van der Waals surface area contributed by atoms with Gasteiger partial charge in [0, 0.05) is 33.1 Å². The molecule has 2 heterocycles. The third-order valence-electron chi connectivity index (χ3n) is 4.63. The van der Waals surface area contributed by atoms with Gasteiger partial charge in [-0.05, 0) is 31.0 Å². The third kappa shape index (κ3) is 3.72. The van der Waals surface area contributed by atoms with Crippen LogP contribution in [-0.2, 0) is 10.0 Å². The predicted octanol–water partition coefficient (Wildman–Crippen LogP) is 1.96. The van der Waals surface area contributed by atoms with Crippen molar-refractivity contribution in [3.05, 3.63) is 47.3 Å². The van der Waals surface area contributed by atoms with Crippen molar-refractivity contribution in [1.29, 1.82) is 0 Å². The van der Waals surface area contributed by atoms with Crippen LogP contribution in [0.25, 0.3) is 0 Å². The van der Waals surface area contributed by atoms with Crippen molar-refractivity contribution >= 4 is 15.9 Å². The summed E-state index contributed by atoms with van der Waals surface area (Å²) in [6, 6.07) is 2.53. The first-order valence-electron chi connectivity index (χ1n) is 8.42. The van der Waals surface area contributed by atoms with Crippen molar-refractivity contribution in [2.24, 2.45) is 0 Å². The normalized spacial score (nSPS) is 18.4. The van der Waals surface area contributed by atoms with Gasteiger partial charge < -0.3 is 4.90 Å². The van der Waals surface area contributed by atoms with Crippen LogP contribution in [-0.4, -0.2) is 60.9 Å². The van der Waals surface area contributed by atoms with Crippen molar-refractivity contribution in [2.45, 2.75) is 23.7 Å². The molecule has 1 atom stereocenters. The molecular formula is C17H20F2N4O3S. The van der Waals surface area contributed by atoms with Crippen molar-refractivity contribution in [2.75, 3.05) is 27.2 Å². The number of hydrogen-bond acceptors (Lipinski definition) is 4. The van der Waals surface area contributed by atoms with Crippen molar-refractivity contribution in [3.8, 4) is 0 Å². The van der Waals surface area contributed by atoms with Gasteiger partial charge in [0.15, 0.2) is 11.6 Å². The Morgan fingerprint density at radius 1 is 1.30 bits per heavy atom. The molecule has 0 aliphatic carbocycles. The first kappa shape index (κ1) is 19.4. The lowest BCUT2D eigenvalue weighted by Gasteiger charge is -2.32. The number of sulfonamides is 1. The molecule has 1 aliphatic heterocycles. The van der Waals surface area contributed by atoms with Crippen LogP contribution in [0.2, 0.25) is 0 Å². The zero-order valence-electron chi connectivity index (χ0n) is 14.9. The van der Waals surface area contributed by atoms with E-state index in [0.717, 1.165) is 12.1 Å². The summed E-state index contributed by atoms with van der Waals surface area (Å²) in [5.74, 6) is -2.79. The van der Waals surface area contributed by atoms with Gasteiger partial charge >= 0.3 is 0 Å². The van der Waals surface area contributed by atoms with Crippen LogP contribution < -0.4 is 0 Å². The van der Waals surface area contributed by atoms with Crippen LogP contribution >= 0.6 is 0 Å². The molecule has 0 unspecified atom stereocenters. The third-order valence-corrected chi connectivity index (χ3v) is 6.49. The quantitative estimate of drug-likeness (QED) is 0.853. The van der Waals surface area contributed by atoms with Crippen LogP contribution in [0.1, 0.15) is 34.8 Å². The molecule has 1 aromatic carbocycles. The monoisotopic (exact) mass is 398 g/mol. The number of carbonyl (C=O) groups excluding carboxylic acids is 1. The maximum absolute atomic E-state index is 13.5. The summed E-state index contributed by atoms with van der Waals surface area (Å²) in [6.07, 6.45) is 2.68. The lowest BCUT2D eigenvalue weighted by atomic mass is 9.93. The Balaban J connectivity index is 1.87. The van der Waals surface area contributed by atoms with Crippen LogP contribution in [0.5, 0.6) is 0 Å². The lowest BCUT2D eigenvalue weighted by molar-refractivity contribution is 0.0825. The molecule has 0 saturated carbocycles. The molecule has 1 aromatic heterocycles. The number of aromatic nitrogens is 2. The molecule has 0 bridgehead atoms. The fourth-order valence-corrected chi connectivity index (χ4v) is 4.74. The molecule has 0 spiro atoms. The number of amides is 1. The van der Waals surface area contributed by atoms with E-state index in [0.29, 0.717) is 30.2 Å². The standard InChI is InChI=1S/C17H20F2N4O3S/c1-22(2)17(24)13-9-20-21-16(13)11-4-3-7-23(10-11)27(25,26)12-5-6-14(18)15(19)8-12/h5-6,8-9,11H,3-4,7,10H2,1-2H3,(H,20,21)/t11-/m0/s1. The molecule has 3 rings (SSSR count). The summed E-state index contributed by atoms with van der Waals surface area (Å²) in [5, 5.41) is 6.75. The SMILES string of the molecule is CN(C)C(=O)c1cn[nH]c1[C@H]1CCCN(S(=O)(=O)c2ccc(F)c(F)c2)C1. The van der Waals surface area contributed by atoms with Crippen LogP contribution in [0.3, 0.4) is 0 Å². The number of rotatable bonds is 4. The van der Waals surface area contributed by atoms with Crippen LogP contribution in [0, 0.1) is 11.6 Å². The van der Waals surface area contributed by atoms with E-state index >= 15 is 0 Å². The molecular weight excluding hydrogens is 378 g/mol. The van der Waals surface area contributed by atoms with E-state index in [4.69, 9.17) is 0 Å². The summed E-state index contributed by atoms with van der Waals surface area (Å²) >= 11 is 0. The Morgan fingerprint density at radius 3 is 2.70 bits per heavy atom. The van der Waals surface area contributed by atoms with Crippen LogP contribution in [0.15, 0.2) is 29.3 Å². The molecule has 7 nitrogen and oxygen atoms in total. The Morgan fingerprint density at radius 2 is 2.04 bits per heavy atom. The smallest absolute Gasteiger partial charge is 0.256 e. The maximum Gasteiger partial charge on any atom is 0.256 e. The van der Waals surface area contributed by atoms with Crippen molar-refractivity contribution < 1.29 is 22.0 Å². The van der Waals surface area contributed by atoms with E-state index in [-0.39, 0.29) is 29.8 Å². The molecule has 1 N–H and O–H groups in total. The summed E-state index contributed by atoms with van der Waals surface area (Å²) in [5.41, 5.74) is 0.982. The average Bonchev–Trinajstić information content (AvgIpc) is 3.13. The number of piperidine rings is 1. The lowest BCUT2D eigenvalue weighted by Crippen LogP contribution is -2.39. The Kier molecular flexibility index (Phi) is 5.29. The second-order valence-electron chi connectivity index (χ2n) is 6.68. The van der Waals surface area contributed by atoms with E-state index in [9.17, 15) is 22.0 Å². The number of benzene rings is 1. The number of carbonyl (C=O) groups is 1. The maximum atomic E-state index is 13.5. The van der Waals surface area contributed by atoms with E-state index in [1.54, 1.807) is 14.1 Å². The molecule has 1 amide bonds. The van der Waals surface area contributed by atoms with Gasteiger partial charge in [-0.15, -0.1) is 0 Å². The van der Waals surface area contributed by atoms with Gasteiger partial charge in [-0.1, -0.05) is 0 Å². The highest BCUT2D eigenvalue weighted by Crippen LogP contribution is 2.31. The average molecular weight is 398 g/mol. The van der Waals surface area contributed by atoms with Gasteiger partial charge in [0.25, 0.3) is 5.91 Å². The van der Waals surface area contributed by atoms with Crippen molar-refractivity contribution in [3.63, 3.8) is 0 Å². The number of halogens is 2. The molecule has 27 heavy (non-hydrogen) atoms. The second kappa shape index (κ2) is 7.35. The Bertz CT molecular complexity index is 959. The number of hydrogen-bond donors (Lipinski definition) is 1. The summed E-state index contributed by atoms with van der Waals surface area (Å²) in [7, 11) is -0.728. The van der Waals surface area contributed by atoms with Gasteiger partial charge in [0.1, 0.15) is 0 Å². The first-order valence-corrected chi connectivity index (χ1v) is 9.86. The fraction of sp³-hybridized carbons (Fsp3) is 0.412. The van der Waals surface area contributed by atoms with Crippen LogP contribution in [0.4, 0.5) is 8.78 Å². The number of H-pyrrole nitrogens is 1. The van der Waals surface area contributed by atoms with E-state index < -0.39 is 21.7 Å². The highest BCUT2D eigenvalue weighted by atomic mass is 32.2. The molecule has 1 fully saturated rings. The largest absolute Gasteiger partial charge is 0.345 e. The highest BCUT2D eigenvalue weighted by Gasteiger charge is 2.33. The van der Waals surface area contributed by atoms with E-state index in [2.05, 4.69) is 10.2 Å². The minimum absolute atomic E-state index is 0.122. The van der Waals surface area contributed by atoms with Gasteiger partial charge in [-0.3, -0.25) is 9.89 Å². The first-order chi connectivity index (χ1) is 12.7. The zero-order valence-corrected chi connectivity index (χ0v) is 15.8. The highest BCUT2D eigenvalue weighted by molar-refractivity contribution is 7.89. The molecule has 2 aromatic rings. The van der Waals surface area contributed by atoms with E-state index in [1.165, 1.54) is 15.4 Å². The summed E-state index contributed by atoms with van der Waals surface area (Å²) in [6.45, 7) is 0.389. The van der Waals surface area contributed by atoms with Gasteiger partial charge in [-0.25, -0.2) is 17.2 Å². The van der Waals surface area contributed by atoms with Gasteiger partial charge in [0.05, 0.1) is 22.3 Å². The molecule has 0 radical (unpaired) electrons. The molecule has 1 saturated heterocycles. The predicted molar refractivity (Wildman–Crippen MR) is 93.7 cm³/mol. The van der Waals surface area contributed by atoms with E-state index in [1.807, 2.05) is 0 Å². The minimum Gasteiger partial charge on any atom is -0.345 e.